The maximum atomic E-state index is 13.9. The molecule has 0 aliphatic carbocycles. The molecule has 3 rings (SSSR count). The smallest absolute Gasteiger partial charge is 0.255 e. The molecule has 0 unspecified atom stereocenters. The highest BCUT2D eigenvalue weighted by molar-refractivity contribution is 6.15. The van der Waals surface area contributed by atoms with Crippen molar-refractivity contribution in [2.75, 3.05) is 11.1 Å². The van der Waals surface area contributed by atoms with E-state index in [4.69, 9.17) is 15.7 Å². The number of nitrogens with two attached hydrogens (primary N) is 1. The largest absolute Gasteiger partial charge is 0.382 e. The van der Waals surface area contributed by atoms with Crippen LogP contribution < -0.4 is 11.1 Å². The maximum absolute atomic E-state index is 13.9. The van der Waals surface area contributed by atoms with Gasteiger partial charge in [-0.2, -0.15) is 0 Å². The number of hydrogen-bond acceptors (Lipinski definition) is 9. The maximum Gasteiger partial charge on any atom is 0.255 e. The van der Waals surface area contributed by atoms with Crippen LogP contribution >= 0.6 is 0 Å². The number of nitrogen functional groups attached to an aromatic ring is 1. The zero-order chi connectivity index (χ0) is 23.3. The van der Waals surface area contributed by atoms with Crippen molar-refractivity contribution in [3.05, 3.63) is 65.7 Å². The predicted molar refractivity (Wildman–Crippen MR) is 116 cm³/mol. The van der Waals surface area contributed by atoms with E-state index in [1.165, 1.54) is 32.4 Å². The van der Waals surface area contributed by atoms with Gasteiger partial charge in [0.05, 0.1) is 24.2 Å². The molecule has 0 aliphatic heterocycles. The van der Waals surface area contributed by atoms with Crippen LogP contribution in [0, 0.1) is 11.2 Å². The summed E-state index contributed by atoms with van der Waals surface area (Å²) < 4.78 is 18.8. The number of aliphatic imine (C=N–C) groups is 1. The second-order valence-corrected chi connectivity index (χ2v) is 7.40. The summed E-state index contributed by atoms with van der Waals surface area (Å²) in [6.45, 7) is 2.71. The van der Waals surface area contributed by atoms with Crippen molar-refractivity contribution in [1.29, 1.82) is 5.41 Å². The summed E-state index contributed by atoms with van der Waals surface area (Å²) in [4.78, 5) is 24.5. The molecule has 32 heavy (non-hydrogen) atoms. The molecule has 0 aliphatic rings. The molecule has 0 bridgehead atoms. The number of carbonyl (C=O) groups is 1. The molecule has 1 aromatic carbocycles. The molecule has 0 spiro atoms. The summed E-state index contributed by atoms with van der Waals surface area (Å²) in [7, 11) is 0. The van der Waals surface area contributed by atoms with Crippen molar-refractivity contribution >= 4 is 28.8 Å². The molecule has 166 valence electrons. The standard InChI is InChI=1S/C21H22FN7O3/c1-21(2,31)20(30)27-17-11-26-19(28-18(17)24)14(23)9-16(15-7-8-32-29-15)25-10-12-5-3-4-6-13(12)22/h3-8,11,23,31H,9-10H2,1-2H3,(H,27,30)(H2,24,26,28). The summed E-state index contributed by atoms with van der Waals surface area (Å²) in [5, 5.41) is 24.4. The topological polar surface area (TPSA) is 163 Å². The number of halogens is 1. The van der Waals surface area contributed by atoms with Crippen molar-refractivity contribution in [1.82, 2.24) is 15.1 Å². The molecule has 1 amide bonds. The third-order valence-electron chi connectivity index (χ3n) is 4.37. The van der Waals surface area contributed by atoms with Gasteiger partial charge in [-0.3, -0.25) is 9.79 Å². The van der Waals surface area contributed by atoms with Gasteiger partial charge < -0.3 is 26.1 Å². The fourth-order valence-electron chi connectivity index (χ4n) is 2.55. The van der Waals surface area contributed by atoms with E-state index in [2.05, 4.69) is 25.4 Å². The number of aliphatic hydroxyl groups is 1. The molecule has 0 radical (unpaired) electrons. The Morgan fingerprint density at radius 3 is 2.72 bits per heavy atom. The molecule has 2 aromatic heterocycles. The Kier molecular flexibility index (Phi) is 6.69. The van der Waals surface area contributed by atoms with E-state index in [0.717, 1.165) is 0 Å². The SMILES string of the molecule is CC(C)(O)C(=O)Nc1cnc(C(=N)CC(=NCc2ccccc2F)c2ccon2)nc1N. The number of benzene rings is 1. The molecule has 0 atom stereocenters. The first-order valence-corrected chi connectivity index (χ1v) is 9.56. The zero-order valence-electron chi connectivity index (χ0n) is 17.5. The van der Waals surface area contributed by atoms with E-state index in [9.17, 15) is 14.3 Å². The molecule has 10 nitrogen and oxygen atoms in total. The van der Waals surface area contributed by atoms with E-state index in [-0.39, 0.29) is 41.8 Å². The fourth-order valence-corrected chi connectivity index (χ4v) is 2.55. The van der Waals surface area contributed by atoms with Crippen molar-refractivity contribution in [3.8, 4) is 0 Å². The van der Waals surface area contributed by atoms with Crippen molar-refractivity contribution in [2.45, 2.75) is 32.4 Å². The third kappa shape index (κ3) is 5.58. The van der Waals surface area contributed by atoms with Crippen LogP contribution in [0.4, 0.5) is 15.9 Å². The summed E-state index contributed by atoms with van der Waals surface area (Å²) in [6, 6.07) is 7.84. The monoisotopic (exact) mass is 439 g/mol. The van der Waals surface area contributed by atoms with E-state index in [1.807, 2.05) is 0 Å². The van der Waals surface area contributed by atoms with Crippen LogP contribution in [0.5, 0.6) is 0 Å². The van der Waals surface area contributed by atoms with Crippen LogP contribution in [0.15, 0.2) is 52.3 Å². The van der Waals surface area contributed by atoms with Crippen LogP contribution in [0.25, 0.3) is 0 Å². The first kappa shape index (κ1) is 22.7. The van der Waals surface area contributed by atoms with Crippen LogP contribution in [0.3, 0.4) is 0 Å². The minimum Gasteiger partial charge on any atom is -0.382 e. The van der Waals surface area contributed by atoms with Gasteiger partial charge in [-0.25, -0.2) is 14.4 Å². The highest BCUT2D eigenvalue weighted by Crippen LogP contribution is 2.18. The van der Waals surface area contributed by atoms with Gasteiger partial charge in [0.2, 0.25) is 0 Å². The molecular formula is C21H22FN7O3. The number of nitrogens with zero attached hydrogens (tertiary/aromatic N) is 4. The Hall–Kier alpha value is -3.99. The normalized spacial score (nSPS) is 11.9. The van der Waals surface area contributed by atoms with E-state index in [0.29, 0.717) is 17.0 Å². The van der Waals surface area contributed by atoms with E-state index >= 15 is 0 Å². The summed E-state index contributed by atoms with van der Waals surface area (Å²) >= 11 is 0. The third-order valence-corrected chi connectivity index (χ3v) is 4.37. The number of carbonyl (C=O) groups excluding carboxylic acids is 1. The fraction of sp³-hybridized carbons (Fsp3) is 0.238. The Bertz CT molecular complexity index is 1150. The summed E-state index contributed by atoms with van der Waals surface area (Å²) in [5.41, 5.74) is 5.54. The first-order chi connectivity index (χ1) is 15.1. The number of anilines is 2. The minimum absolute atomic E-state index is 0.0181. The van der Waals surface area contributed by atoms with Gasteiger partial charge in [0, 0.05) is 18.1 Å². The number of nitrogens with one attached hydrogen (secondary N) is 2. The second kappa shape index (κ2) is 9.43. The molecule has 11 heteroatoms. The highest BCUT2D eigenvalue weighted by Gasteiger charge is 2.25. The van der Waals surface area contributed by atoms with Gasteiger partial charge in [-0.1, -0.05) is 23.4 Å². The van der Waals surface area contributed by atoms with Gasteiger partial charge in [-0.05, 0) is 19.9 Å². The predicted octanol–water partition coefficient (Wildman–Crippen LogP) is 2.34. The minimum atomic E-state index is -1.61. The van der Waals surface area contributed by atoms with Gasteiger partial charge in [0.15, 0.2) is 11.6 Å². The molecule has 2 heterocycles. The average Bonchev–Trinajstić information content (AvgIpc) is 3.27. The van der Waals surface area contributed by atoms with Gasteiger partial charge in [0.1, 0.15) is 29.1 Å². The summed E-state index contributed by atoms with van der Waals surface area (Å²) in [6.07, 6.45) is 2.60. The number of hydrogen-bond donors (Lipinski definition) is 4. The van der Waals surface area contributed by atoms with E-state index < -0.39 is 11.5 Å². The van der Waals surface area contributed by atoms with Crippen LogP contribution in [0.2, 0.25) is 0 Å². The van der Waals surface area contributed by atoms with Crippen LogP contribution in [-0.4, -0.2) is 43.2 Å². The lowest BCUT2D eigenvalue weighted by molar-refractivity contribution is -0.130. The van der Waals surface area contributed by atoms with Crippen LogP contribution in [0.1, 0.15) is 37.4 Å². The Balaban J connectivity index is 1.79. The lowest BCUT2D eigenvalue weighted by Crippen LogP contribution is -2.37. The van der Waals surface area contributed by atoms with Crippen molar-refractivity contribution in [2.24, 2.45) is 4.99 Å². The molecular weight excluding hydrogens is 417 g/mol. The van der Waals surface area contributed by atoms with Crippen molar-refractivity contribution in [3.63, 3.8) is 0 Å². The average molecular weight is 439 g/mol. The Labute approximate surface area is 182 Å². The first-order valence-electron chi connectivity index (χ1n) is 9.56. The molecule has 5 N–H and O–H groups in total. The zero-order valence-corrected chi connectivity index (χ0v) is 17.5. The molecule has 0 saturated carbocycles. The summed E-state index contributed by atoms with van der Waals surface area (Å²) in [5.74, 6) is -1.11. The lowest BCUT2D eigenvalue weighted by Gasteiger charge is -2.17. The second-order valence-electron chi connectivity index (χ2n) is 7.40. The molecule has 0 fully saturated rings. The quantitative estimate of drug-likeness (QED) is 0.391. The van der Waals surface area contributed by atoms with Gasteiger partial charge >= 0.3 is 0 Å². The lowest BCUT2D eigenvalue weighted by atomic mass is 10.1. The van der Waals surface area contributed by atoms with Gasteiger partial charge in [0.25, 0.3) is 5.91 Å². The number of aromatic nitrogens is 3. The Morgan fingerprint density at radius 2 is 2.09 bits per heavy atom. The highest BCUT2D eigenvalue weighted by atomic mass is 19.1. The molecule has 0 saturated heterocycles. The van der Waals surface area contributed by atoms with Crippen molar-refractivity contribution < 1.29 is 18.8 Å². The van der Waals surface area contributed by atoms with Gasteiger partial charge in [-0.15, -0.1) is 0 Å². The Morgan fingerprint density at radius 1 is 1.34 bits per heavy atom. The van der Waals surface area contributed by atoms with E-state index in [1.54, 1.807) is 24.3 Å². The molecule has 3 aromatic rings. The number of rotatable bonds is 8. The number of amides is 1. The van der Waals surface area contributed by atoms with Crippen LogP contribution in [-0.2, 0) is 11.3 Å².